The lowest BCUT2D eigenvalue weighted by Crippen LogP contribution is -1.94. The van der Waals surface area contributed by atoms with Crippen molar-refractivity contribution in [1.82, 2.24) is 0 Å². The summed E-state index contributed by atoms with van der Waals surface area (Å²) in [6.45, 7) is 2.18. The van der Waals surface area contributed by atoms with E-state index in [0.717, 1.165) is 5.56 Å². The van der Waals surface area contributed by atoms with Gasteiger partial charge in [-0.15, -0.1) is 0 Å². The molecule has 0 spiro atoms. The zero-order chi connectivity index (χ0) is 24.1. The topological polar surface area (TPSA) is 29.5 Å². The Balaban J connectivity index is 1.54. The van der Waals surface area contributed by atoms with E-state index in [1.807, 2.05) is 6.92 Å². The smallest absolute Gasteiger partial charge is 0.167 e. The van der Waals surface area contributed by atoms with Gasteiger partial charge in [-0.3, -0.25) is 0 Å². The zero-order valence-corrected chi connectivity index (χ0v) is 18.6. The molecular weight excluding hydrogens is 437 g/mol. The fourth-order valence-corrected chi connectivity index (χ4v) is 3.64. The third kappa shape index (κ3) is 5.05. The van der Waals surface area contributed by atoms with Crippen molar-refractivity contribution in [2.45, 2.75) is 13.5 Å². The second-order valence-electron chi connectivity index (χ2n) is 7.72. The van der Waals surface area contributed by atoms with Gasteiger partial charge >= 0.3 is 0 Å². The van der Waals surface area contributed by atoms with Crippen LogP contribution in [0.1, 0.15) is 23.6 Å². The van der Waals surface area contributed by atoms with Gasteiger partial charge in [0.1, 0.15) is 11.6 Å². The lowest BCUT2D eigenvalue weighted by Gasteiger charge is -2.10. The summed E-state index contributed by atoms with van der Waals surface area (Å²) >= 11 is 0. The monoisotopic (exact) mass is 460 g/mol. The fourth-order valence-electron chi connectivity index (χ4n) is 3.64. The van der Waals surface area contributed by atoms with Crippen molar-refractivity contribution in [2.75, 3.05) is 6.61 Å². The van der Waals surface area contributed by atoms with Crippen molar-refractivity contribution >= 4 is 12.2 Å². The van der Waals surface area contributed by atoms with Crippen molar-refractivity contribution in [2.24, 2.45) is 0 Å². The Morgan fingerprint density at radius 3 is 1.85 bits per heavy atom. The van der Waals surface area contributed by atoms with Crippen LogP contribution in [0.4, 0.5) is 13.2 Å². The van der Waals surface area contributed by atoms with Gasteiger partial charge in [-0.25, -0.2) is 13.2 Å². The molecule has 4 aromatic carbocycles. The molecule has 0 saturated carbocycles. The zero-order valence-electron chi connectivity index (χ0n) is 18.6. The molecule has 5 heteroatoms. The average molecular weight is 460 g/mol. The second kappa shape index (κ2) is 10.4. The van der Waals surface area contributed by atoms with Crippen LogP contribution in [0.15, 0.2) is 78.9 Å². The Bertz CT molecular complexity index is 1310. The summed E-state index contributed by atoms with van der Waals surface area (Å²) in [5.74, 6) is -1.76. The molecular formula is C29H23F3O2. The van der Waals surface area contributed by atoms with Crippen LogP contribution in [0.5, 0.6) is 5.75 Å². The first-order chi connectivity index (χ1) is 16.5. The number of hydrogen-bond donors (Lipinski definition) is 1. The summed E-state index contributed by atoms with van der Waals surface area (Å²) in [4.78, 5) is 0. The highest BCUT2D eigenvalue weighted by molar-refractivity contribution is 5.75. The van der Waals surface area contributed by atoms with Gasteiger partial charge in [0.2, 0.25) is 0 Å². The Labute approximate surface area is 196 Å². The maximum atomic E-state index is 14.9. The van der Waals surface area contributed by atoms with E-state index in [9.17, 15) is 13.2 Å². The van der Waals surface area contributed by atoms with Crippen LogP contribution in [-0.4, -0.2) is 11.7 Å². The molecule has 0 fully saturated rings. The SMILES string of the molecule is CCOc1ccc(/C=C/c2ccc(-c3ccc(-c4ccc(CO)cc4)c(F)c3F)cc2)c(F)c1. The predicted octanol–water partition coefficient (Wildman–Crippen LogP) is 7.50. The first-order valence-electron chi connectivity index (χ1n) is 10.9. The van der Waals surface area contributed by atoms with E-state index in [1.54, 1.807) is 84.9 Å². The Morgan fingerprint density at radius 1 is 0.735 bits per heavy atom. The number of aliphatic hydroxyl groups excluding tert-OH is 1. The van der Waals surface area contributed by atoms with Crippen molar-refractivity contribution in [3.05, 3.63) is 113 Å². The van der Waals surface area contributed by atoms with E-state index in [2.05, 4.69) is 0 Å². The molecule has 172 valence electrons. The maximum absolute atomic E-state index is 14.9. The number of ether oxygens (including phenoxy) is 1. The van der Waals surface area contributed by atoms with Crippen LogP contribution in [0, 0.1) is 17.5 Å². The highest BCUT2D eigenvalue weighted by Crippen LogP contribution is 2.32. The standard InChI is InChI=1S/C29H23F3O2/c1-2-34-24-14-13-23(27(30)17-24)12-5-19-3-8-21(9-4-19)25-15-16-26(29(32)28(25)31)22-10-6-20(18-33)7-11-22/h3-17,33H,2,18H2,1H3/b12-5+. The van der Waals surface area contributed by atoms with Gasteiger partial charge in [-0.1, -0.05) is 72.8 Å². The van der Waals surface area contributed by atoms with Crippen molar-refractivity contribution in [3.63, 3.8) is 0 Å². The molecule has 0 saturated heterocycles. The van der Waals surface area contributed by atoms with E-state index in [1.165, 1.54) is 6.07 Å². The normalized spacial score (nSPS) is 11.2. The van der Waals surface area contributed by atoms with Crippen LogP contribution in [-0.2, 0) is 6.61 Å². The molecule has 0 aliphatic heterocycles. The summed E-state index contributed by atoms with van der Waals surface area (Å²) in [7, 11) is 0. The van der Waals surface area contributed by atoms with Crippen LogP contribution in [0.2, 0.25) is 0 Å². The lowest BCUT2D eigenvalue weighted by molar-refractivity contribution is 0.282. The average Bonchev–Trinajstić information content (AvgIpc) is 2.86. The largest absolute Gasteiger partial charge is 0.494 e. The minimum absolute atomic E-state index is 0.115. The quantitative estimate of drug-likeness (QED) is 0.289. The lowest BCUT2D eigenvalue weighted by atomic mass is 9.97. The van der Waals surface area contributed by atoms with Crippen LogP contribution >= 0.6 is 0 Å². The summed E-state index contributed by atoms with van der Waals surface area (Å²) in [5, 5.41) is 9.15. The molecule has 0 radical (unpaired) electrons. The molecule has 4 rings (SSSR count). The second-order valence-corrected chi connectivity index (χ2v) is 7.72. The number of aliphatic hydroxyl groups is 1. The van der Waals surface area contributed by atoms with Gasteiger partial charge < -0.3 is 9.84 Å². The molecule has 34 heavy (non-hydrogen) atoms. The first kappa shape index (κ1) is 23.3. The number of rotatable bonds is 7. The molecule has 2 nitrogen and oxygen atoms in total. The van der Waals surface area contributed by atoms with Crippen molar-refractivity contribution < 1.29 is 23.0 Å². The summed E-state index contributed by atoms with van der Waals surface area (Å²) in [6, 6.07) is 21.3. The van der Waals surface area contributed by atoms with E-state index in [0.29, 0.717) is 34.6 Å². The number of halogens is 3. The van der Waals surface area contributed by atoms with Gasteiger partial charge in [0.25, 0.3) is 0 Å². The molecule has 0 amide bonds. The summed E-state index contributed by atoms with van der Waals surface area (Å²) in [5.41, 5.74) is 3.27. The minimum Gasteiger partial charge on any atom is -0.494 e. The van der Waals surface area contributed by atoms with Crippen molar-refractivity contribution in [1.29, 1.82) is 0 Å². The molecule has 0 aliphatic rings. The van der Waals surface area contributed by atoms with Gasteiger partial charge in [0.15, 0.2) is 11.6 Å². The number of hydrogen-bond acceptors (Lipinski definition) is 2. The van der Waals surface area contributed by atoms with Gasteiger partial charge in [0.05, 0.1) is 13.2 Å². The number of benzene rings is 4. The molecule has 4 aromatic rings. The van der Waals surface area contributed by atoms with E-state index >= 15 is 0 Å². The molecule has 0 atom stereocenters. The molecule has 0 aliphatic carbocycles. The van der Waals surface area contributed by atoms with Crippen molar-refractivity contribution in [3.8, 4) is 28.0 Å². The fraction of sp³-hybridized carbons (Fsp3) is 0.103. The third-order valence-electron chi connectivity index (χ3n) is 5.49. The summed E-state index contributed by atoms with van der Waals surface area (Å²) in [6.07, 6.45) is 3.40. The Kier molecular flexibility index (Phi) is 7.14. The molecule has 0 bridgehead atoms. The highest BCUT2D eigenvalue weighted by atomic mass is 19.2. The van der Waals surface area contributed by atoms with Gasteiger partial charge in [-0.05, 0) is 41.3 Å². The first-order valence-corrected chi connectivity index (χ1v) is 10.9. The molecule has 0 aromatic heterocycles. The van der Waals surface area contributed by atoms with Crippen LogP contribution in [0.3, 0.4) is 0 Å². The Morgan fingerprint density at radius 2 is 1.32 bits per heavy atom. The van der Waals surface area contributed by atoms with Gasteiger partial charge in [-0.2, -0.15) is 0 Å². The van der Waals surface area contributed by atoms with E-state index < -0.39 is 11.6 Å². The maximum Gasteiger partial charge on any atom is 0.167 e. The highest BCUT2D eigenvalue weighted by Gasteiger charge is 2.16. The van der Waals surface area contributed by atoms with Crippen LogP contribution in [0.25, 0.3) is 34.4 Å². The van der Waals surface area contributed by atoms with Crippen LogP contribution < -0.4 is 4.74 Å². The van der Waals surface area contributed by atoms with Gasteiger partial charge in [0, 0.05) is 22.8 Å². The molecule has 0 unspecified atom stereocenters. The summed E-state index contributed by atoms with van der Waals surface area (Å²) < 4.78 is 49.2. The molecule has 0 heterocycles. The van der Waals surface area contributed by atoms with E-state index in [-0.39, 0.29) is 23.6 Å². The predicted molar refractivity (Wildman–Crippen MR) is 130 cm³/mol. The third-order valence-corrected chi connectivity index (χ3v) is 5.49. The minimum atomic E-state index is -0.927. The molecule has 1 N–H and O–H groups in total. The van der Waals surface area contributed by atoms with E-state index in [4.69, 9.17) is 9.84 Å². The Hall–Kier alpha value is -3.83.